The first-order valence-corrected chi connectivity index (χ1v) is 6.97. The third-order valence-corrected chi connectivity index (χ3v) is 3.51. The predicted molar refractivity (Wildman–Crippen MR) is 79.3 cm³/mol. The number of furan rings is 1. The van der Waals surface area contributed by atoms with Crippen LogP contribution in [0.15, 0.2) is 28.9 Å². The third-order valence-electron chi connectivity index (χ3n) is 3.51. The highest BCUT2D eigenvalue weighted by Gasteiger charge is 2.25. The standard InChI is InChI=1S/C16H19NO4/c1-4-10-5-6-13-11(7-10)12(8-21-13)15(18)17-14(9(2)3)16(19)20/h5-9,14H,4H2,1-3H3,(H,17,18)(H,19,20)/t14-/m0/s1. The highest BCUT2D eigenvalue weighted by molar-refractivity contribution is 6.07. The monoisotopic (exact) mass is 289 g/mol. The van der Waals surface area contributed by atoms with Crippen molar-refractivity contribution in [2.24, 2.45) is 5.92 Å². The van der Waals surface area contributed by atoms with Crippen LogP contribution in [0.1, 0.15) is 36.7 Å². The third kappa shape index (κ3) is 3.07. The Morgan fingerprint density at radius 2 is 2.05 bits per heavy atom. The predicted octanol–water partition coefficient (Wildman–Crippen LogP) is 2.83. The maximum absolute atomic E-state index is 12.3. The molecule has 0 spiro atoms. The lowest BCUT2D eigenvalue weighted by Crippen LogP contribution is -2.44. The molecule has 0 radical (unpaired) electrons. The molecule has 0 aliphatic rings. The van der Waals surface area contributed by atoms with E-state index in [0.717, 1.165) is 12.0 Å². The van der Waals surface area contributed by atoms with Gasteiger partial charge in [0.25, 0.3) is 5.91 Å². The number of rotatable bonds is 5. The summed E-state index contributed by atoms with van der Waals surface area (Å²) in [6.45, 7) is 5.53. The summed E-state index contributed by atoms with van der Waals surface area (Å²) >= 11 is 0. The first-order valence-electron chi connectivity index (χ1n) is 6.97. The molecule has 2 rings (SSSR count). The smallest absolute Gasteiger partial charge is 0.326 e. The maximum atomic E-state index is 12.3. The Kier molecular flexibility index (Phi) is 4.31. The molecule has 0 saturated carbocycles. The van der Waals surface area contributed by atoms with Crippen LogP contribution in [0.5, 0.6) is 0 Å². The summed E-state index contributed by atoms with van der Waals surface area (Å²) in [6.07, 6.45) is 2.23. The van der Waals surface area contributed by atoms with Gasteiger partial charge in [0, 0.05) is 5.39 Å². The zero-order valence-corrected chi connectivity index (χ0v) is 12.3. The van der Waals surface area contributed by atoms with E-state index in [-0.39, 0.29) is 5.92 Å². The molecule has 112 valence electrons. The van der Waals surface area contributed by atoms with Crippen LogP contribution in [0.2, 0.25) is 0 Å². The Balaban J connectivity index is 2.33. The van der Waals surface area contributed by atoms with E-state index in [0.29, 0.717) is 16.5 Å². The highest BCUT2D eigenvalue weighted by Crippen LogP contribution is 2.23. The van der Waals surface area contributed by atoms with E-state index in [1.165, 1.54) is 6.26 Å². The fraction of sp³-hybridized carbons (Fsp3) is 0.375. The number of hydrogen-bond acceptors (Lipinski definition) is 3. The molecule has 5 heteroatoms. The van der Waals surface area contributed by atoms with Crippen molar-refractivity contribution in [3.63, 3.8) is 0 Å². The van der Waals surface area contributed by atoms with E-state index in [1.54, 1.807) is 13.8 Å². The first kappa shape index (κ1) is 15.1. The molecular formula is C16H19NO4. The minimum absolute atomic E-state index is 0.198. The Labute approximate surface area is 122 Å². The van der Waals surface area contributed by atoms with Crippen LogP contribution >= 0.6 is 0 Å². The number of carboxylic acid groups (broad SMARTS) is 1. The van der Waals surface area contributed by atoms with Crippen LogP contribution in [0, 0.1) is 5.92 Å². The molecule has 0 saturated heterocycles. The number of nitrogens with one attached hydrogen (secondary N) is 1. The zero-order valence-electron chi connectivity index (χ0n) is 12.3. The van der Waals surface area contributed by atoms with Gasteiger partial charge in [0.15, 0.2) is 0 Å². The number of benzene rings is 1. The fourth-order valence-electron chi connectivity index (χ4n) is 2.20. The van der Waals surface area contributed by atoms with Crippen molar-refractivity contribution in [3.05, 3.63) is 35.6 Å². The number of aliphatic carboxylic acids is 1. The van der Waals surface area contributed by atoms with E-state index < -0.39 is 17.9 Å². The van der Waals surface area contributed by atoms with Crippen LogP contribution in [0.3, 0.4) is 0 Å². The number of amides is 1. The summed E-state index contributed by atoms with van der Waals surface area (Å²) < 4.78 is 5.36. The topological polar surface area (TPSA) is 79.5 Å². The van der Waals surface area contributed by atoms with E-state index in [4.69, 9.17) is 9.52 Å². The number of fused-ring (bicyclic) bond motifs is 1. The molecule has 2 N–H and O–H groups in total. The Morgan fingerprint density at radius 1 is 1.33 bits per heavy atom. The van der Waals surface area contributed by atoms with Gasteiger partial charge in [-0.05, 0) is 30.0 Å². The second kappa shape index (κ2) is 5.99. The molecular weight excluding hydrogens is 270 g/mol. The summed E-state index contributed by atoms with van der Waals surface area (Å²) in [4.78, 5) is 23.5. The van der Waals surface area contributed by atoms with E-state index in [1.807, 2.05) is 25.1 Å². The largest absolute Gasteiger partial charge is 0.480 e. The normalized spacial score (nSPS) is 12.6. The molecule has 0 aliphatic carbocycles. The summed E-state index contributed by atoms with van der Waals surface area (Å²) in [5.41, 5.74) is 2.08. The second-order valence-electron chi connectivity index (χ2n) is 5.37. The molecule has 5 nitrogen and oxygen atoms in total. The van der Waals surface area contributed by atoms with Crippen LogP contribution in [0.25, 0.3) is 11.0 Å². The van der Waals surface area contributed by atoms with Crippen LogP contribution < -0.4 is 5.32 Å². The molecule has 0 aliphatic heterocycles. The second-order valence-corrected chi connectivity index (χ2v) is 5.37. The SMILES string of the molecule is CCc1ccc2occ(C(=O)N[C@H](C(=O)O)C(C)C)c2c1. The summed E-state index contributed by atoms with van der Waals surface area (Å²) in [5.74, 6) is -1.67. The molecule has 1 heterocycles. The van der Waals surface area contributed by atoms with Gasteiger partial charge < -0.3 is 14.8 Å². The van der Waals surface area contributed by atoms with Crippen molar-refractivity contribution in [1.29, 1.82) is 0 Å². The molecule has 1 aromatic heterocycles. The van der Waals surface area contributed by atoms with Gasteiger partial charge in [0.2, 0.25) is 0 Å². The zero-order chi connectivity index (χ0) is 15.6. The van der Waals surface area contributed by atoms with Gasteiger partial charge in [-0.1, -0.05) is 26.8 Å². The van der Waals surface area contributed by atoms with Gasteiger partial charge in [0.1, 0.15) is 17.9 Å². The number of hydrogen-bond donors (Lipinski definition) is 2. The maximum Gasteiger partial charge on any atom is 0.326 e. The number of carbonyl (C=O) groups is 2. The highest BCUT2D eigenvalue weighted by atomic mass is 16.4. The van der Waals surface area contributed by atoms with Crippen molar-refractivity contribution in [1.82, 2.24) is 5.32 Å². The number of carboxylic acids is 1. The lowest BCUT2D eigenvalue weighted by molar-refractivity contribution is -0.140. The lowest BCUT2D eigenvalue weighted by Gasteiger charge is -2.17. The average Bonchev–Trinajstić information content (AvgIpc) is 2.86. The van der Waals surface area contributed by atoms with E-state index in [2.05, 4.69) is 5.32 Å². The van der Waals surface area contributed by atoms with Crippen molar-refractivity contribution in [2.75, 3.05) is 0 Å². The quantitative estimate of drug-likeness (QED) is 0.887. The van der Waals surface area contributed by atoms with Gasteiger partial charge in [-0.25, -0.2) is 4.79 Å². The van der Waals surface area contributed by atoms with Crippen molar-refractivity contribution in [2.45, 2.75) is 33.2 Å². The molecule has 21 heavy (non-hydrogen) atoms. The lowest BCUT2D eigenvalue weighted by atomic mass is 10.0. The number of carbonyl (C=O) groups excluding carboxylic acids is 1. The van der Waals surface area contributed by atoms with E-state index >= 15 is 0 Å². The van der Waals surface area contributed by atoms with Crippen molar-refractivity contribution >= 4 is 22.8 Å². The van der Waals surface area contributed by atoms with Gasteiger partial charge >= 0.3 is 5.97 Å². The van der Waals surface area contributed by atoms with E-state index in [9.17, 15) is 9.59 Å². The van der Waals surface area contributed by atoms with Gasteiger partial charge in [-0.2, -0.15) is 0 Å². The Bertz CT molecular complexity index is 672. The molecule has 0 fully saturated rings. The molecule has 0 unspecified atom stereocenters. The van der Waals surface area contributed by atoms with Crippen molar-refractivity contribution < 1.29 is 19.1 Å². The molecule has 0 bridgehead atoms. The average molecular weight is 289 g/mol. The summed E-state index contributed by atoms with van der Waals surface area (Å²) in [6, 6.07) is 4.75. The van der Waals surface area contributed by atoms with Gasteiger partial charge in [-0.15, -0.1) is 0 Å². The van der Waals surface area contributed by atoms with Crippen LogP contribution in [-0.4, -0.2) is 23.0 Å². The van der Waals surface area contributed by atoms with Gasteiger partial charge in [-0.3, -0.25) is 4.79 Å². The molecule has 1 amide bonds. The van der Waals surface area contributed by atoms with Crippen molar-refractivity contribution in [3.8, 4) is 0 Å². The molecule has 2 aromatic rings. The van der Waals surface area contributed by atoms with Crippen LogP contribution in [0.4, 0.5) is 0 Å². The fourth-order valence-corrected chi connectivity index (χ4v) is 2.20. The molecule has 1 aromatic carbocycles. The van der Waals surface area contributed by atoms with Crippen LogP contribution in [-0.2, 0) is 11.2 Å². The number of aryl methyl sites for hydroxylation is 1. The minimum atomic E-state index is -1.04. The summed E-state index contributed by atoms with van der Waals surface area (Å²) in [7, 11) is 0. The molecule has 1 atom stereocenters. The summed E-state index contributed by atoms with van der Waals surface area (Å²) in [5, 5.41) is 12.4. The Morgan fingerprint density at radius 3 is 2.62 bits per heavy atom. The van der Waals surface area contributed by atoms with Gasteiger partial charge in [0.05, 0.1) is 5.56 Å². The first-order chi connectivity index (χ1) is 9.93. The Hall–Kier alpha value is -2.30. The minimum Gasteiger partial charge on any atom is -0.480 e.